The lowest BCUT2D eigenvalue weighted by Gasteiger charge is -2.31. The second kappa shape index (κ2) is 11.4. The van der Waals surface area contributed by atoms with Gasteiger partial charge in [-0.05, 0) is 63.8 Å². The Balaban J connectivity index is 1.83. The standard InChI is InChI=1S/C25H29F3N2O6S/c1-4-35-22-13-18(29-24(32)21-11-16(3)15(2)10-17(21)14-31)8-9-23(22)37(33,34)30-19-6-5-7-20(12-19)36-25(26,27)28/h5-9,12-13,17,21,30-31H,4,10-11,14H2,1-3H3,(H,29,32)/t17-,21+/m1/s1. The van der Waals surface area contributed by atoms with Crippen LogP contribution in [0.3, 0.4) is 0 Å². The number of halogens is 3. The van der Waals surface area contributed by atoms with Crippen molar-refractivity contribution in [2.75, 3.05) is 23.3 Å². The molecule has 202 valence electrons. The number of anilines is 2. The molecule has 3 rings (SSSR count). The van der Waals surface area contributed by atoms with Crippen molar-refractivity contribution in [3.05, 3.63) is 53.6 Å². The molecule has 1 amide bonds. The maximum atomic E-state index is 13.0. The molecular weight excluding hydrogens is 513 g/mol. The van der Waals surface area contributed by atoms with Crippen LogP contribution in [0, 0.1) is 11.8 Å². The maximum absolute atomic E-state index is 13.0. The molecule has 0 unspecified atom stereocenters. The summed E-state index contributed by atoms with van der Waals surface area (Å²) < 4.78 is 75.2. The Hall–Kier alpha value is -3.25. The van der Waals surface area contributed by atoms with Crippen molar-refractivity contribution >= 4 is 27.3 Å². The Kier molecular flexibility index (Phi) is 8.75. The lowest BCUT2D eigenvalue weighted by Crippen LogP contribution is -2.34. The van der Waals surface area contributed by atoms with E-state index in [4.69, 9.17) is 4.74 Å². The zero-order chi connectivity index (χ0) is 27.4. The van der Waals surface area contributed by atoms with Gasteiger partial charge in [0.05, 0.1) is 12.3 Å². The molecule has 0 spiro atoms. The van der Waals surface area contributed by atoms with E-state index in [9.17, 15) is 31.5 Å². The van der Waals surface area contributed by atoms with Crippen LogP contribution in [0.25, 0.3) is 0 Å². The third kappa shape index (κ3) is 7.39. The number of rotatable bonds is 9. The minimum atomic E-state index is -4.93. The molecule has 0 fully saturated rings. The van der Waals surface area contributed by atoms with E-state index in [0.29, 0.717) is 18.5 Å². The van der Waals surface area contributed by atoms with E-state index in [1.807, 2.05) is 13.8 Å². The van der Waals surface area contributed by atoms with Gasteiger partial charge in [-0.25, -0.2) is 8.42 Å². The highest BCUT2D eigenvalue weighted by Gasteiger charge is 2.33. The first-order valence-electron chi connectivity index (χ1n) is 11.6. The third-order valence-electron chi connectivity index (χ3n) is 6.08. The van der Waals surface area contributed by atoms with Crippen LogP contribution in [-0.2, 0) is 14.8 Å². The zero-order valence-corrected chi connectivity index (χ0v) is 21.4. The van der Waals surface area contributed by atoms with E-state index in [1.165, 1.54) is 30.3 Å². The van der Waals surface area contributed by atoms with E-state index < -0.39 is 28.1 Å². The van der Waals surface area contributed by atoms with Crippen LogP contribution < -0.4 is 19.5 Å². The summed E-state index contributed by atoms with van der Waals surface area (Å²) in [5.74, 6) is -1.61. The number of alkyl halides is 3. The fourth-order valence-electron chi connectivity index (χ4n) is 4.16. The molecule has 12 heteroatoms. The molecule has 3 N–H and O–H groups in total. The van der Waals surface area contributed by atoms with Gasteiger partial charge in [-0.3, -0.25) is 9.52 Å². The Bertz CT molecular complexity index is 1280. The topological polar surface area (TPSA) is 114 Å². The number of hydrogen-bond donors (Lipinski definition) is 3. The van der Waals surface area contributed by atoms with E-state index in [-0.39, 0.29) is 41.4 Å². The molecule has 0 radical (unpaired) electrons. The van der Waals surface area contributed by atoms with Crippen LogP contribution in [0.4, 0.5) is 24.5 Å². The highest BCUT2D eigenvalue weighted by atomic mass is 32.2. The van der Waals surface area contributed by atoms with Crippen molar-refractivity contribution in [1.29, 1.82) is 0 Å². The van der Waals surface area contributed by atoms with Crippen molar-refractivity contribution in [3.8, 4) is 11.5 Å². The molecule has 1 aliphatic carbocycles. The molecule has 2 atom stereocenters. The number of allylic oxidation sites excluding steroid dienone is 2. The molecule has 1 aliphatic rings. The normalized spacial score (nSPS) is 18.4. The van der Waals surface area contributed by atoms with Gasteiger partial charge in [-0.2, -0.15) is 0 Å². The summed E-state index contributed by atoms with van der Waals surface area (Å²) in [4.78, 5) is 12.7. The van der Waals surface area contributed by atoms with Gasteiger partial charge in [-0.1, -0.05) is 17.2 Å². The molecular formula is C25H29F3N2O6S. The first kappa shape index (κ1) is 28.3. The summed E-state index contributed by atoms with van der Waals surface area (Å²) in [6.07, 6.45) is -3.81. The Morgan fingerprint density at radius 2 is 1.78 bits per heavy atom. The number of carbonyl (C=O) groups is 1. The Morgan fingerprint density at radius 3 is 2.43 bits per heavy atom. The lowest BCUT2D eigenvalue weighted by atomic mass is 9.76. The van der Waals surface area contributed by atoms with Crippen molar-refractivity contribution in [3.63, 3.8) is 0 Å². The Labute approximate surface area is 213 Å². The minimum Gasteiger partial charge on any atom is -0.492 e. The number of carbonyl (C=O) groups excluding carboxylic acids is 1. The second-order valence-corrected chi connectivity index (χ2v) is 10.4. The van der Waals surface area contributed by atoms with Gasteiger partial charge in [0, 0.05) is 30.3 Å². The number of sulfonamides is 1. The molecule has 8 nitrogen and oxygen atoms in total. The van der Waals surface area contributed by atoms with E-state index >= 15 is 0 Å². The average Bonchev–Trinajstić information content (AvgIpc) is 2.79. The summed E-state index contributed by atoms with van der Waals surface area (Å²) >= 11 is 0. The number of aliphatic hydroxyl groups excluding tert-OH is 1. The van der Waals surface area contributed by atoms with Gasteiger partial charge in [0.15, 0.2) is 0 Å². The molecule has 2 aromatic rings. The average molecular weight is 543 g/mol. The van der Waals surface area contributed by atoms with Crippen molar-refractivity contribution in [2.45, 2.75) is 44.9 Å². The molecule has 0 saturated carbocycles. The minimum absolute atomic E-state index is 0.0511. The van der Waals surface area contributed by atoms with Gasteiger partial charge in [0.25, 0.3) is 10.0 Å². The first-order valence-corrected chi connectivity index (χ1v) is 13.0. The number of nitrogens with one attached hydrogen (secondary N) is 2. The van der Waals surface area contributed by atoms with Crippen molar-refractivity contribution in [2.24, 2.45) is 11.8 Å². The SMILES string of the molecule is CCOc1cc(NC(=O)[C@H]2CC(C)=C(C)C[C@@H]2CO)ccc1S(=O)(=O)Nc1cccc(OC(F)(F)F)c1. The summed E-state index contributed by atoms with van der Waals surface area (Å²) in [6.45, 7) is 5.57. The van der Waals surface area contributed by atoms with Gasteiger partial charge in [-0.15, -0.1) is 13.2 Å². The number of amides is 1. The van der Waals surface area contributed by atoms with Crippen LogP contribution in [-0.4, -0.2) is 39.0 Å². The summed E-state index contributed by atoms with van der Waals surface area (Å²) in [5, 5.41) is 12.5. The predicted octanol–water partition coefficient (Wildman–Crippen LogP) is 5.08. The first-order chi connectivity index (χ1) is 17.3. The molecule has 0 aromatic heterocycles. The smallest absolute Gasteiger partial charge is 0.492 e. The number of ether oxygens (including phenoxy) is 2. The largest absolute Gasteiger partial charge is 0.573 e. The molecule has 0 aliphatic heterocycles. The highest BCUT2D eigenvalue weighted by Crippen LogP contribution is 2.36. The maximum Gasteiger partial charge on any atom is 0.573 e. The number of benzene rings is 2. The lowest BCUT2D eigenvalue weighted by molar-refractivity contribution is -0.274. The second-order valence-electron chi connectivity index (χ2n) is 8.78. The summed E-state index contributed by atoms with van der Waals surface area (Å²) in [5.41, 5.74) is 2.40. The molecule has 0 saturated heterocycles. The third-order valence-corrected chi connectivity index (χ3v) is 7.50. The Morgan fingerprint density at radius 1 is 1.08 bits per heavy atom. The zero-order valence-electron chi connectivity index (χ0n) is 20.6. The van der Waals surface area contributed by atoms with Gasteiger partial charge in [0.1, 0.15) is 16.4 Å². The fourth-order valence-corrected chi connectivity index (χ4v) is 5.33. The van der Waals surface area contributed by atoms with Gasteiger partial charge >= 0.3 is 6.36 Å². The van der Waals surface area contributed by atoms with Crippen LogP contribution in [0.5, 0.6) is 11.5 Å². The number of hydrogen-bond acceptors (Lipinski definition) is 6. The van der Waals surface area contributed by atoms with Crippen LogP contribution in [0.1, 0.15) is 33.6 Å². The van der Waals surface area contributed by atoms with Gasteiger partial charge < -0.3 is 19.9 Å². The predicted molar refractivity (Wildman–Crippen MR) is 132 cm³/mol. The number of aliphatic hydroxyl groups is 1. The van der Waals surface area contributed by atoms with E-state index in [1.54, 1.807) is 6.92 Å². The monoisotopic (exact) mass is 542 g/mol. The molecule has 2 aromatic carbocycles. The fraction of sp³-hybridized carbons (Fsp3) is 0.400. The molecule has 37 heavy (non-hydrogen) atoms. The highest BCUT2D eigenvalue weighted by molar-refractivity contribution is 7.92. The van der Waals surface area contributed by atoms with Crippen molar-refractivity contribution < 1.29 is 41.0 Å². The van der Waals surface area contributed by atoms with Crippen LogP contribution in [0.15, 0.2) is 58.5 Å². The van der Waals surface area contributed by atoms with E-state index in [0.717, 1.165) is 23.3 Å². The van der Waals surface area contributed by atoms with Crippen LogP contribution >= 0.6 is 0 Å². The summed E-state index contributed by atoms with van der Waals surface area (Å²) in [6, 6.07) is 8.42. The summed E-state index contributed by atoms with van der Waals surface area (Å²) in [7, 11) is -4.28. The van der Waals surface area contributed by atoms with Crippen molar-refractivity contribution in [1.82, 2.24) is 0 Å². The van der Waals surface area contributed by atoms with Crippen LogP contribution in [0.2, 0.25) is 0 Å². The quantitative estimate of drug-likeness (QED) is 0.381. The van der Waals surface area contributed by atoms with E-state index in [2.05, 4.69) is 14.8 Å². The van der Waals surface area contributed by atoms with Gasteiger partial charge in [0.2, 0.25) is 5.91 Å². The molecule has 0 heterocycles. The molecule has 0 bridgehead atoms.